The van der Waals surface area contributed by atoms with Gasteiger partial charge in [-0.05, 0) is 43.7 Å². The molecule has 0 bridgehead atoms. The average molecular weight is 444 g/mol. The minimum Gasteiger partial charge on any atom is -0.478 e. The van der Waals surface area contributed by atoms with Gasteiger partial charge < -0.3 is 15.0 Å². The lowest BCUT2D eigenvalue weighted by molar-refractivity contribution is -0.123. The zero-order valence-electron chi connectivity index (χ0n) is 17.5. The second-order valence-corrected chi connectivity index (χ2v) is 9.66. The Kier molecular flexibility index (Phi) is 5.72. The third-order valence-electron chi connectivity index (χ3n) is 5.60. The number of hydrogen-bond donors (Lipinski definition) is 1. The molecule has 0 spiro atoms. The Morgan fingerprint density at radius 2 is 1.77 bits per heavy atom. The van der Waals surface area contributed by atoms with Crippen LogP contribution in [-0.2, 0) is 14.8 Å². The Labute approximate surface area is 181 Å². The molecule has 2 aliphatic rings. The summed E-state index contributed by atoms with van der Waals surface area (Å²) in [6.45, 7) is 4.84. The minimum absolute atomic E-state index is 0.0865. The van der Waals surface area contributed by atoms with Gasteiger partial charge in [-0.15, -0.1) is 0 Å². The SMILES string of the molecule is CC[C@H]1Oc2ccc(S(=O)(=O)N3CCN(C(=O)c4ccc(C)cc4)CC3)cc2NC1=O. The molecule has 8 nitrogen and oxygen atoms in total. The van der Waals surface area contributed by atoms with Gasteiger partial charge in [0.1, 0.15) is 5.75 Å². The van der Waals surface area contributed by atoms with E-state index in [1.807, 2.05) is 26.0 Å². The number of nitrogens with zero attached hydrogens (tertiary/aromatic N) is 2. The molecule has 2 aromatic carbocycles. The van der Waals surface area contributed by atoms with Gasteiger partial charge in [-0.1, -0.05) is 24.6 Å². The van der Waals surface area contributed by atoms with E-state index >= 15 is 0 Å². The molecule has 31 heavy (non-hydrogen) atoms. The first kappa shape index (κ1) is 21.3. The van der Waals surface area contributed by atoms with Gasteiger partial charge in [0, 0.05) is 31.7 Å². The van der Waals surface area contributed by atoms with Gasteiger partial charge >= 0.3 is 0 Å². The molecule has 4 rings (SSSR count). The van der Waals surface area contributed by atoms with E-state index in [4.69, 9.17) is 4.74 Å². The fourth-order valence-corrected chi connectivity index (χ4v) is 5.17. The predicted molar refractivity (Wildman–Crippen MR) is 116 cm³/mol. The number of piperazine rings is 1. The monoisotopic (exact) mass is 443 g/mol. The van der Waals surface area contributed by atoms with E-state index in [1.54, 1.807) is 23.1 Å². The van der Waals surface area contributed by atoms with Gasteiger partial charge in [0.2, 0.25) is 10.0 Å². The molecule has 0 radical (unpaired) electrons. The van der Waals surface area contributed by atoms with Gasteiger partial charge in [0.15, 0.2) is 6.10 Å². The van der Waals surface area contributed by atoms with Crippen LogP contribution in [0.25, 0.3) is 0 Å². The van der Waals surface area contributed by atoms with Gasteiger partial charge in [-0.25, -0.2) is 8.42 Å². The van der Waals surface area contributed by atoms with Crippen molar-refractivity contribution in [2.24, 2.45) is 0 Å². The fourth-order valence-electron chi connectivity index (χ4n) is 3.72. The molecule has 0 aromatic heterocycles. The molecular formula is C22H25N3O5S. The van der Waals surface area contributed by atoms with Gasteiger partial charge in [0.25, 0.3) is 11.8 Å². The number of benzene rings is 2. The highest BCUT2D eigenvalue weighted by molar-refractivity contribution is 7.89. The van der Waals surface area contributed by atoms with Crippen LogP contribution in [0.5, 0.6) is 5.75 Å². The van der Waals surface area contributed by atoms with Crippen molar-refractivity contribution in [2.75, 3.05) is 31.5 Å². The van der Waals surface area contributed by atoms with Crippen LogP contribution in [0.3, 0.4) is 0 Å². The number of nitrogens with one attached hydrogen (secondary N) is 1. The highest BCUT2D eigenvalue weighted by Crippen LogP contribution is 2.33. The first-order chi connectivity index (χ1) is 14.8. The van der Waals surface area contributed by atoms with E-state index in [0.29, 0.717) is 36.5 Å². The van der Waals surface area contributed by atoms with E-state index in [-0.39, 0.29) is 29.8 Å². The Morgan fingerprint density at radius 1 is 1.10 bits per heavy atom. The number of sulfonamides is 1. The molecule has 1 atom stereocenters. The topological polar surface area (TPSA) is 96.0 Å². The standard InChI is InChI=1S/C22H25N3O5S/c1-3-19-21(26)23-18-14-17(8-9-20(18)30-19)31(28,29)25-12-10-24(11-13-25)22(27)16-6-4-15(2)5-7-16/h4-9,14,19H,3,10-13H2,1-2H3,(H,23,26)/t19-/m1/s1. The van der Waals surface area contributed by atoms with E-state index in [0.717, 1.165) is 5.56 Å². The number of carbonyl (C=O) groups is 2. The van der Waals surface area contributed by atoms with Crippen molar-refractivity contribution in [3.05, 3.63) is 53.6 Å². The number of amides is 2. The summed E-state index contributed by atoms with van der Waals surface area (Å²) >= 11 is 0. The number of hydrogen-bond acceptors (Lipinski definition) is 5. The maximum absolute atomic E-state index is 13.1. The first-order valence-electron chi connectivity index (χ1n) is 10.3. The maximum Gasteiger partial charge on any atom is 0.265 e. The highest BCUT2D eigenvalue weighted by atomic mass is 32.2. The normalized spacial score (nSPS) is 19.4. The molecule has 0 aliphatic carbocycles. The van der Waals surface area contributed by atoms with Crippen molar-refractivity contribution in [2.45, 2.75) is 31.3 Å². The Hall–Kier alpha value is -2.91. The van der Waals surface area contributed by atoms with Crippen molar-refractivity contribution in [3.8, 4) is 5.75 Å². The van der Waals surface area contributed by atoms with Crippen LogP contribution >= 0.6 is 0 Å². The summed E-state index contributed by atoms with van der Waals surface area (Å²) in [5, 5.41) is 2.72. The summed E-state index contributed by atoms with van der Waals surface area (Å²) in [7, 11) is -3.76. The number of carbonyl (C=O) groups excluding carboxylic acids is 2. The molecule has 0 saturated carbocycles. The first-order valence-corrected chi connectivity index (χ1v) is 11.7. The second-order valence-electron chi connectivity index (χ2n) is 7.72. The molecule has 2 aromatic rings. The van der Waals surface area contributed by atoms with Crippen molar-refractivity contribution >= 4 is 27.5 Å². The lowest BCUT2D eigenvalue weighted by Gasteiger charge is -2.34. The molecule has 9 heteroatoms. The Balaban J connectivity index is 1.46. The Morgan fingerprint density at radius 3 is 2.42 bits per heavy atom. The van der Waals surface area contributed by atoms with Crippen LogP contribution in [-0.4, -0.2) is 61.7 Å². The van der Waals surface area contributed by atoms with E-state index in [9.17, 15) is 18.0 Å². The van der Waals surface area contributed by atoms with Crippen LogP contribution in [0.15, 0.2) is 47.4 Å². The quantitative estimate of drug-likeness (QED) is 0.782. The molecule has 2 amide bonds. The highest BCUT2D eigenvalue weighted by Gasteiger charge is 2.32. The number of anilines is 1. The van der Waals surface area contributed by atoms with Crippen LogP contribution in [0.1, 0.15) is 29.3 Å². The number of aryl methyl sites for hydroxylation is 1. The van der Waals surface area contributed by atoms with Crippen molar-refractivity contribution in [1.29, 1.82) is 0 Å². The van der Waals surface area contributed by atoms with Crippen molar-refractivity contribution in [3.63, 3.8) is 0 Å². The zero-order valence-corrected chi connectivity index (χ0v) is 18.3. The summed E-state index contributed by atoms with van der Waals surface area (Å²) in [6.07, 6.45) is -0.0502. The Bertz CT molecular complexity index is 1110. The number of ether oxygens (including phenoxy) is 1. The summed E-state index contributed by atoms with van der Waals surface area (Å²) in [6, 6.07) is 11.8. The molecular weight excluding hydrogens is 418 g/mol. The molecule has 0 unspecified atom stereocenters. The fraction of sp³-hybridized carbons (Fsp3) is 0.364. The lowest BCUT2D eigenvalue weighted by atomic mass is 10.1. The summed E-state index contributed by atoms with van der Waals surface area (Å²) < 4.78 is 33.3. The van der Waals surface area contributed by atoms with Gasteiger partial charge in [-0.3, -0.25) is 9.59 Å². The summed E-state index contributed by atoms with van der Waals surface area (Å²) in [4.78, 5) is 26.5. The van der Waals surface area contributed by atoms with Crippen molar-refractivity contribution in [1.82, 2.24) is 9.21 Å². The number of fused-ring (bicyclic) bond motifs is 1. The minimum atomic E-state index is -3.76. The predicted octanol–water partition coefficient (Wildman–Crippen LogP) is 2.25. The van der Waals surface area contributed by atoms with Crippen LogP contribution in [0.4, 0.5) is 5.69 Å². The second kappa shape index (κ2) is 8.32. The molecule has 1 saturated heterocycles. The maximum atomic E-state index is 13.1. The largest absolute Gasteiger partial charge is 0.478 e. The summed E-state index contributed by atoms with van der Waals surface area (Å²) in [5.41, 5.74) is 2.02. The third-order valence-corrected chi connectivity index (χ3v) is 7.50. The smallest absolute Gasteiger partial charge is 0.265 e. The van der Waals surface area contributed by atoms with Gasteiger partial charge in [-0.2, -0.15) is 4.31 Å². The van der Waals surface area contributed by atoms with Crippen LogP contribution in [0, 0.1) is 6.92 Å². The van der Waals surface area contributed by atoms with E-state index in [1.165, 1.54) is 16.4 Å². The average Bonchev–Trinajstić information content (AvgIpc) is 2.78. The lowest BCUT2D eigenvalue weighted by Crippen LogP contribution is -2.50. The van der Waals surface area contributed by atoms with E-state index < -0.39 is 16.1 Å². The van der Waals surface area contributed by atoms with Crippen LogP contribution in [0.2, 0.25) is 0 Å². The zero-order chi connectivity index (χ0) is 22.2. The molecule has 1 fully saturated rings. The molecule has 1 N–H and O–H groups in total. The molecule has 2 aliphatic heterocycles. The third kappa shape index (κ3) is 4.15. The summed E-state index contributed by atoms with van der Waals surface area (Å²) in [5.74, 6) is 0.0721. The van der Waals surface area contributed by atoms with Crippen molar-refractivity contribution < 1.29 is 22.7 Å². The van der Waals surface area contributed by atoms with Crippen LogP contribution < -0.4 is 10.1 Å². The van der Waals surface area contributed by atoms with Gasteiger partial charge in [0.05, 0.1) is 10.6 Å². The molecule has 164 valence electrons. The number of rotatable bonds is 4. The van der Waals surface area contributed by atoms with E-state index in [2.05, 4.69) is 5.32 Å². The molecule has 2 heterocycles.